The van der Waals surface area contributed by atoms with Crippen molar-refractivity contribution in [2.75, 3.05) is 5.32 Å². The van der Waals surface area contributed by atoms with Crippen LogP contribution in [-0.2, 0) is 12.7 Å². The van der Waals surface area contributed by atoms with E-state index in [9.17, 15) is 13.2 Å². The van der Waals surface area contributed by atoms with Crippen LogP contribution in [0.5, 0.6) is 0 Å². The second kappa shape index (κ2) is 5.48. The van der Waals surface area contributed by atoms with Crippen molar-refractivity contribution in [2.24, 2.45) is 0 Å². The molecule has 6 heteroatoms. The molecule has 2 aromatic rings. The van der Waals surface area contributed by atoms with Gasteiger partial charge in [0.15, 0.2) is 5.82 Å². The predicted octanol–water partition coefficient (Wildman–Crippen LogP) is 3.72. The molecule has 0 aliphatic rings. The zero-order valence-corrected chi connectivity index (χ0v) is 11.1. The molecule has 1 heterocycles. The second-order valence-corrected chi connectivity index (χ2v) is 4.57. The molecule has 0 aliphatic carbocycles. The van der Waals surface area contributed by atoms with Gasteiger partial charge < -0.3 is 5.32 Å². The molecular formula is C14H14F3N3. The van der Waals surface area contributed by atoms with Crippen LogP contribution in [0.2, 0.25) is 0 Å². The third-order valence-corrected chi connectivity index (χ3v) is 2.85. The summed E-state index contributed by atoms with van der Waals surface area (Å²) in [5.41, 5.74) is 1.87. The van der Waals surface area contributed by atoms with Gasteiger partial charge in [-0.25, -0.2) is 0 Å². The lowest BCUT2D eigenvalue weighted by Gasteiger charge is -2.10. The maximum atomic E-state index is 12.4. The normalized spacial score (nSPS) is 11.4. The van der Waals surface area contributed by atoms with Crippen LogP contribution in [-0.4, -0.2) is 10.2 Å². The summed E-state index contributed by atoms with van der Waals surface area (Å²) in [6.07, 6.45) is -4.30. The van der Waals surface area contributed by atoms with Gasteiger partial charge in [-0.15, -0.1) is 5.10 Å². The van der Waals surface area contributed by atoms with E-state index in [2.05, 4.69) is 15.5 Å². The van der Waals surface area contributed by atoms with Crippen molar-refractivity contribution in [1.82, 2.24) is 10.2 Å². The zero-order valence-electron chi connectivity index (χ0n) is 11.1. The molecule has 0 aliphatic heterocycles. The molecule has 1 aromatic heterocycles. The number of halogens is 3. The second-order valence-electron chi connectivity index (χ2n) is 4.57. The molecular weight excluding hydrogens is 267 g/mol. The number of alkyl halides is 3. The monoisotopic (exact) mass is 281 g/mol. The van der Waals surface area contributed by atoms with Crippen LogP contribution in [0, 0.1) is 13.8 Å². The Kier molecular flexibility index (Phi) is 3.92. The molecule has 0 amide bonds. The van der Waals surface area contributed by atoms with Gasteiger partial charge in [-0.2, -0.15) is 18.3 Å². The number of aromatic nitrogens is 2. The number of hydrogen-bond donors (Lipinski definition) is 1. The smallest absolute Gasteiger partial charge is 0.364 e. The molecule has 0 saturated heterocycles. The molecule has 0 unspecified atom stereocenters. The Morgan fingerprint density at radius 3 is 2.25 bits per heavy atom. The standard InChI is InChI=1S/C14H14F3N3/c1-9-7-10(2)19-20-13(9)18-8-11-3-5-12(6-4-11)14(15,16)17/h3-7H,8H2,1-2H3,(H,18,20). The van der Waals surface area contributed by atoms with E-state index in [4.69, 9.17) is 0 Å². The molecule has 3 nitrogen and oxygen atoms in total. The van der Waals surface area contributed by atoms with Gasteiger partial charge in [0.2, 0.25) is 0 Å². The summed E-state index contributed by atoms with van der Waals surface area (Å²) in [6.45, 7) is 4.15. The molecule has 1 N–H and O–H groups in total. The average molecular weight is 281 g/mol. The Balaban J connectivity index is 2.04. The molecule has 0 radical (unpaired) electrons. The van der Waals surface area contributed by atoms with Crippen LogP contribution in [0.25, 0.3) is 0 Å². The van der Waals surface area contributed by atoms with Gasteiger partial charge in [0.25, 0.3) is 0 Å². The molecule has 0 bridgehead atoms. The third kappa shape index (κ3) is 3.46. The van der Waals surface area contributed by atoms with Gasteiger partial charge in [-0.3, -0.25) is 0 Å². The molecule has 0 atom stereocenters. The van der Waals surface area contributed by atoms with Gasteiger partial charge in [-0.1, -0.05) is 12.1 Å². The number of hydrogen-bond acceptors (Lipinski definition) is 3. The highest BCUT2D eigenvalue weighted by molar-refractivity contribution is 5.43. The van der Waals surface area contributed by atoms with Gasteiger partial charge in [0.05, 0.1) is 11.3 Å². The Hall–Kier alpha value is -2.11. The number of anilines is 1. The van der Waals surface area contributed by atoms with Crippen LogP contribution < -0.4 is 5.32 Å². The minimum atomic E-state index is -4.30. The summed E-state index contributed by atoms with van der Waals surface area (Å²) in [5.74, 6) is 0.635. The molecule has 0 fully saturated rings. The first-order valence-electron chi connectivity index (χ1n) is 6.07. The Morgan fingerprint density at radius 2 is 1.70 bits per heavy atom. The summed E-state index contributed by atoms with van der Waals surface area (Å²) in [7, 11) is 0. The van der Waals surface area contributed by atoms with E-state index in [1.165, 1.54) is 12.1 Å². The molecule has 0 saturated carbocycles. The van der Waals surface area contributed by atoms with E-state index in [0.717, 1.165) is 29.0 Å². The SMILES string of the molecule is Cc1cc(C)c(NCc2ccc(C(F)(F)F)cc2)nn1. The van der Waals surface area contributed by atoms with Crippen LogP contribution in [0.15, 0.2) is 30.3 Å². The summed E-state index contributed by atoms with van der Waals surface area (Å²) in [5, 5.41) is 11.0. The van der Waals surface area contributed by atoms with E-state index in [1.54, 1.807) is 0 Å². The van der Waals surface area contributed by atoms with Crippen molar-refractivity contribution in [2.45, 2.75) is 26.6 Å². The van der Waals surface area contributed by atoms with Gasteiger partial charge >= 0.3 is 6.18 Å². The Bertz CT molecular complexity index is 592. The first-order valence-corrected chi connectivity index (χ1v) is 6.07. The van der Waals surface area contributed by atoms with E-state index in [0.29, 0.717) is 12.4 Å². The Morgan fingerprint density at radius 1 is 1.05 bits per heavy atom. The highest BCUT2D eigenvalue weighted by atomic mass is 19.4. The lowest BCUT2D eigenvalue weighted by Crippen LogP contribution is -2.07. The largest absolute Gasteiger partial charge is 0.416 e. The number of nitrogens with zero attached hydrogens (tertiary/aromatic N) is 2. The van der Waals surface area contributed by atoms with Crippen molar-refractivity contribution in [3.8, 4) is 0 Å². The molecule has 2 rings (SSSR count). The van der Waals surface area contributed by atoms with Crippen LogP contribution in [0.3, 0.4) is 0 Å². The lowest BCUT2D eigenvalue weighted by atomic mass is 10.1. The van der Waals surface area contributed by atoms with Crippen molar-refractivity contribution >= 4 is 5.82 Å². The van der Waals surface area contributed by atoms with E-state index < -0.39 is 11.7 Å². The maximum absolute atomic E-state index is 12.4. The average Bonchev–Trinajstić information content (AvgIpc) is 2.37. The molecule has 1 aromatic carbocycles. The minimum absolute atomic E-state index is 0.400. The quantitative estimate of drug-likeness (QED) is 0.931. The summed E-state index contributed by atoms with van der Waals surface area (Å²) in [6, 6.07) is 6.94. The minimum Gasteiger partial charge on any atom is -0.364 e. The molecule has 106 valence electrons. The lowest BCUT2D eigenvalue weighted by molar-refractivity contribution is -0.137. The Labute approximate surface area is 114 Å². The van der Waals surface area contributed by atoms with E-state index in [1.807, 2.05) is 19.9 Å². The summed E-state index contributed by atoms with van der Waals surface area (Å²) < 4.78 is 37.3. The fraction of sp³-hybridized carbons (Fsp3) is 0.286. The van der Waals surface area contributed by atoms with Gasteiger partial charge in [-0.05, 0) is 43.2 Å². The third-order valence-electron chi connectivity index (χ3n) is 2.85. The zero-order chi connectivity index (χ0) is 14.8. The fourth-order valence-corrected chi connectivity index (χ4v) is 1.79. The molecule has 0 spiro atoms. The van der Waals surface area contributed by atoms with Crippen molar-refractivity contribution in [1.29, 1.82) is 0 Å². The summed E-state index contributed by atoms with van der Waals surface area (Å²) in [4.78, 5) is 0. The van der Waals surface area contributed by atoms with Crippen molar-refractivity contribution in [3.63, 3.8) is 0 Å². The molecule has 20 heavy (non-hydrogen) atoms. The van der Waals surface area contributed by atoms with Crippen LogP contribution in [0.1, 0.15) is 22.4 Å². The topological polar surface area (TPSA) is 37.8 Å². The number of nitrogens with one attached hydrogen (secondary N) is 1. The number of aryl methyl sites for hydroxylation is 2. The van der Waals surface area contributed by atoms with Crippen LogP contribution in [0.4, 0.5) is 19.0 Å². The highest BCUT2D eigenvalue weighted by Gasteiger charge is 2.29. The number of benzene rings is 1. The maximum Gasteiger partial charge on any atom is 0.416 e. The van der Waals surface area contributed by atoms with Gasteiger partial charge in [0.1, 0.15) is 0 Å². The van der Waals surface area contributed by atoms with Crippen LogP contribution >= 0.6 is 0 Å². The summed E-state index contributed by atoms with van der Waals surface area (Å²) >= 11 is 0. The van der Waals surface area contributed by atoms with Crippen molar-refractivity contribution in [3.05, 3.63) is 52.7 Å². The first-order chi connectivity index (χ1) is 9.36. The highest BCUT2D eigenvalue weighted by Crippen LogP contribution is 2.29. The van der Waals surface area contributed by atoms with E-state index >= 15 is 0 Å². The van der Waals surface area contributed by atoms with Gasteiger partial charge in [0, 0.05) is 6.54 Å². The fourth-order valence-electron chi connectivity index (χ4n) is 1.79. The number of rotatable bonds is 3. The first kappa shape index (κ1) is 14.3. The van der Waals surface area contributed by atoms with E-state index in [-0.39, 0.29) is 0 Å². The van der Waals surface area contributed by atoms with Crippen molar-refractivity contribution < 1.29 is 13.2 Å². The predicted molar refractivity (Wildman–Crippen MR) is 70.3 cm³/mol.